The van der Waals surface area contributed by atoms with Crippen molar-refractivity contribution in [1.29, 1.82) is 0 Å². The van der Waals surface area contributed by atoms with Crippen molar-refractivity contribution in [3.8, 4) is 0 Å². The van der Waals surface area contributed by atoms with Gasteiger partial charge in [0.25, 0.3) is 0 Å². The molecule has 0 radical (unpaired) electrons. The van der Waals surface area contributed by atoms with Crippen LogP contribution in [0.4, 0.5) is 5.82 Å². The van der Waals surface area contributed by atoms with Crippen LogP contribution in [0.3, 0.4) is 0 Å². The van der Waals surface area contributed by atoms with Gasteiger partial charge in [-0.1, -0.05) is 0 Å². The minimum Gasteiger partial charge on any atom is -0.264 e. The van der Waals surface area contributed by atoms with E-state index in [-0.39, 0.29) is 0 Å². The van der Waals surface area contributed by atoms with E-state index < -0.39 is 0 Å². The molecular formula is C7H6N4. The fraction of sp³-hybridized carbons (Fsp3) is 0. The van der Waals surface area contributed by atoms with Crippen molar-refractivity contribution in [1.82, 2.24) is 10.2 Å². The third kappa shape index (κ3) is 1.10. The lowest BCUT2D eigenvalue weighted by molar-refractivity contribution is 1.08. The lowest BCUT2D eigenvalue weighted by atomic mass is 10.3. The van der Waals surface area contributed by atoms with Gasteiger partial charge in [-0.15, -0.1) is 0 Å². The first-order chi connectivity index (χ1) is 5.47. The number of rotatable bonds is 0. The molecule has 0 saturated carbocycles. The van der Waals surface area contributed by atoms with Crippen molar-refractivity contribution in [2.24, 2.45) is 9.98 Å². The average molecular weight is 146 g/mol. The summed E-state index contributed by atoms with van der Waals surface area (Å²) < 4.78 is 0. The Morgan fingerprint density at radius 2 is 2.36 bits per heavy atom. The van der Waals surface area contributed by atoms with Gasteiger partial charge in [0.05, 0.1) is 11.8 Å². The van der Waals surface area contributed by atoms with Crippen molar-refractivity contribution in [2.45, 2.75) is 0 Å². The second-order valence-electron chi connectivity index (χ2n) is 2.07. The van der Waals surface area contributed by atoms with Crippen LogP contribution in [0.25, 0.3) is 0 Å². The fourth-order valence-electron chi connectivity index (χ4n) is 0.816. The van der Waals surface area contributed by atoms with Crippen LogP contribution in [-0.4, -0.2) is 22.6 Å². The predicted molar refractivity (Wildman–Crippen MR) is 43.5 cm³/mol. The molecule has 1 N–H and O–H groups in total. The number of H-pyrrole nitrogens is 1. The summed E-state index contributed by atoms with van der Waals surface area (Å²) >= 11 is 0. The Morgan fingerprint density at radius 3 is 3.36 bits per heavy atom. The Balaban J connectivity index is 2.52. The summed E-state index contributed by atoms with van der Waals surface area (Å²) in [5.74, 6) is 0.748. The van der Waals surface area contributed by atoms with Crippen LogP contribution < -0.4 is 0 Å². The Bertz CT molecular complexity index is 301. The first kappa shape index (κ1) is 6.03. The number of aromatic amines is 1. The quantitative estimate of drug-likeness (QED) is 0.584. The molecule has 1 aromatic heterocycles. The first-order valence-corrected chi connectivity index (χ1v) is 3.22. The summed E-state index contributed by atoms with van der Waals surface area (Å²) in [6.07, 6.45) is 8.52. The SMILES string of the molecule is C1=CN=Cc2cn[nH]c2N=C1. The molecule has 2 heterocycles. The van der Waals surface area contributed by atoms with Gasteiger partial charge in [0.2, 0.25) is 0 Å². The van der Waals surface area contributed by atoms with Crippen LogP contribution in [-0.2, 0) is 0 Å². The Morgan fingerprint density at radius 1 is 1.36 bits per heavy atom. The topological polar surface area (TPSA) is 53.4 Å². The van der Waals surface area contributed by atoms with Crippen LogP contribution in [0.15, 0.2) is 28.5 Å². The number of aromatic nitrogens is 2. The molecule has 0 bridgehead atoms. The number of allylic oxidation sites excluding steroid dienone is 1. The maximum absolute atomic E-state index is 4.09. The number of fused-ring (bicyclic) bond motifs is 1. The van der Waals surface area contributed by atoms with Gasteiger partial charge in [-0.3, -0.25) is 10.1 Å². The van der Waals surface area contributed by atoms with E-state index in [1.807, 2.05) is 0 Å². The summed E-state index contributed by atoms with van der Waals surface area (Å²) in [5.41, 5.74) is 0.908. The number of nitrogens with one attached hydrogen (secondary N) is 1. The van der Waals surface area contributed by atoms with E-state index in [0.29, 0.717) is 0 Å². The highest BCUT2D eigenvalue weighted by molar-refractivity contribution is 5.88. The van der Waals surface area contributed by atoms with Gasteiger partial charge >= 0.3 is 0 Å². The number of nitrogens with zero attached hydrogens (tertiary/aromatic N) is 3. The van der Waals surface area contributed by atoms with Crippen molar-refractivity contribution in [3.05, 3.63) is 24.0 Å². The van der Waals surface area contributed by atoms with Crippen LogP contribution >= 0.6 is 0 Å². The summed E-state index contributed by atoms with van der Waals surface area (Å²) in [6, 6.07) is 0. The number of hydrogen-bond acceptors (Lipinski definition) is 3. The van der Waals surface area contributed by atoms with Gasteiger partial charge in [-0.25, -0.2) is 4.99 Å². The molecule has 0 aliphatic carbocycles. The van der Waals surface area contributed by atoms with Crippen molar-refractivity contribution in [2.75, 3.05) is 0 Å². The fourth-order valence-corrected chi connectivity index (χ4v) is 0.816. The Hall–Kier alpha value is -1.71. The summed E-state index contributed by atoms with van der Waals surface area (Å²) in [4.78, 5) is 8.07. The lowest BCUT2D eigenvalue weighted by Gasteiger charge is -1.89. The molecule has 1 aromatic rings. The zero-order valence-corrected chi connectivity index (χ0v) is 5.73. The van der Waals surface area contributed by atoms with E-state index in [4.69, 9.17) is 0 Å². The maximum atomic E-state index is 4.09. The van der Waals surface area contributed by atoms with E-state index in [9.17, 15) is 0 Å². The molecule has 0 amide bonds. The molecule has 4 heteroatoms. The van der Waals surface area contributed by atoms with Gasteiger partial charge in [-0.05, 0) is 6.08 Å². The lowest BCUT2D eigenvalue weighted by Crippen LogP contribution is -1.79. The molecule has 4 nitrogen and oxygen atoms in total. The van der Waals surface area contributed by atoms with Gasteiger partial charge in [0.1, 0.15) is 0 Å². The van der Waals surface area contributed by atoms with E-state index >= 15 is 0 Å². The molecule has 0 saturated heterocycles. The number of hydrogen-bond donors (Lipinski definition) is 1. The summed E-state index contributed by atoms with van der Waals surface area (Å²) in [5, 5.41) is 6.58. The van der Waals surface area contributed by atoms with Crippen LogP contribution in [0.5, 0.6) is 0 Å². The highest BCUT2D eigenvalue weighted by Crippen LogP contribution is 2.12. The van der Waals surface area contributed by atoms with Crippen LogP contribution in [0, 0.1) is 0 Å². The smallest absolute Gasteiger partial charge is 0.156 e. The summed E-state index contributed by atoms with van der Waals surface area (Å²) in [7, 11) is 0. The molecule has 0 spiro atoms. The molecular weight excluding hydrogens is 140 g/mol. The molecule has 0 fully saturated rings. The monoisotopic (exact) mass is 146 g/mol. The first-order valence-electron chi connectivity index (χ1n) is 3.22. The van der Waals surface area contributed by atoms with Crippen molar-refractivity contribution >= 4 is 18.2 Å². The molecule has 1 aliphatic heterocycles. The zero-order valence-electron chi connectivity index (χ0n) is 5.73. The Labute approximate surface area is 63.4 Å². The highest BCUT2D eigenvalue weighted by atomic mass is 15.2. The molecule has 0 aromatic carbocycles. The predicted octanol–water partition coefficient (Wildman–Crippen LogP) is 1.06. The Kier molecular flexibility index (Phi) is 1.37. The standard InChI is InChI=1S/C7H6N4/c1-2-8-4-6-5-10-11-7(6)9-3-1/h1-5H,(H,9,10,11). The third-order valence-corrected chi connectivity index (χ3v) is 1.32. The van der Waals surface area contributed by atoms with Gasteiger partial charge < -0.3 is 0 Å². The molecule has 0 atom stereocenters. The highest BCUT2D eigenvalue weighted by Gasteiger charge is 1.98. The third-order valence-electron chi connectivity index (χ3n) is 1.32. The van der Waals surface area contributed by atoms with Crippen LogP contribution in [0.2, 0.25) is 0 Å². The minimum atomic E-state index is 0.748. The van der Waals surface area contributed by atoms with Crippen LogP contribution in [0.1, 0.15) is 5.56 Å². The molecule has 11 heavy (non-hydrogen) atoms. The molecule has 2 rings (SSSR count). The van der Waals surface area contributed by atoms with Gasteiger partial charge in [0, 0.05) is 18.6 Å². The van der Waals surface area contributed by atoms with E-state index in [2.05, 4.69) is 20.2 Å². The second kappa shape index (κ2) is 2.49. The number of aliphatic imine (C=N–C) groups is 2. The van der Waals surface area contributed by atoms with E-state index in [1.54, 1.807) is 30.9 Å². The maximum Gasteiger partial charge on any atom is 0.156 e. The van der Waals surface area contributed by atoms with Gasteiger partial charge in [-0.2, -0.15) is 5.10 Å². The summed E-state index contributed by atoms with van der Waals surface area (Å²) in [6.45, 7) is 0. The van der Waals surface area contributed by atoms with Crippen molar-refractivity contribution in [3.63, 3.8) is 0 Å². The second-order valence-corrected chi connectivity index (χ2v) is 2.07. The average Bonchev–Trinajstić information content (AvgIpc) is 2.35. The normalized spacial score (nSPS) is 14.2. The molecule has 54 valence electrons. The zero-order chi connectivity index (χ0) is 7.52. The molecule has 0 unspecified atom stereocenters. The minimum absolute atomic E-state index is 0.748. The van der Waals surface area contributed by atoms with Gasteiger partial charge in [0.15, 0.2) is 5.82 Å². The van der Waals surface area contributed by atoms with Crippen molar-refractivity contribution < 1.29 is 0 Å². The van der Waals surface area contributed by atoms with E-state index in [1.165, 1.54) is 0 Å². The van der Waals surface area contributed by atoms with E-state index in [0.717, 1.165) is 11.4 Å². The largest absolute Gasteiger partial charge is 0.264 e. The molecule has 1 aliphatic rings.